The Morgan fingerprint density at radius 3 is 2.25 bits per heavy atom. The molecule has 5 aromatic rings. The van der Waals surface area contributed by atoms with Gasteiger partial charge in [-0.1, -0.05) is 121 Å². The van der Waals surface area contributed by atoms with E-state index in [0.29, 0.717) is 5.92 Å². The number of aromatic nitrogens is 1. The summed E-state index contributed by atoms with van der Waals surface area (Å²) < 4.78 is 0. The van der Waals surface area contributed by atoms with Crippen LogP contribution >= 0.6 is 0 Å². The van der Waals surface area contributed by atoms with E-state index in [1.807, 2.05) is 19.3 Å². The van der Waals surface area contributed by atoms with Crippen molar-refractivity contribution in [3.05, 3.63) is 185 Å². The van der Waals surface area contributed by atoms with Gasteiger partial charge in [0, 0.05) is 32.9 Å². The van der Waals surface area contributed by atoms with E-state index in [0.717, 1.165) is 40.4 Å². The Labute approximate surface area is 348 Å². The predicted molar refractivity (Wildman–Crippen MR) is 227 cm³/mol. The molecule has 9 rings (SSSR count). The second-order valence-electron chi connectivity index (χ2n) is 18.4. The zero-order chi connectivity index (χ0) is 38.5. The maximum atomic E-state index is 5.23. The van der Waals surface area contributed by atoms with Crippen molar-refractivity contribution in [2.45, 2.75) is 78.1 Å². The average Bonchev–Trinajstić information content (AvgIpc) is 3.73. The minimum atomic E-state index is -0.658. The van der Waals surface area contributed by atoms with Crippen molar-refractivity contribution in [3.8, 4) is 0 Å². The number of rotatable bonds is 4. The molecule has 2 unspecified atom stereocenters. The van der Waals surface area contributed by atoms with Crippen molar-refractivity contribution in [1.29, 1.82) is 0 Å². The Hall–Kier alpha value is -4.66. The number of pyridine rings is 1. The van der Waals surface area contributed by atoms with Gasteiger partial charge in [-0.05, 0) is 99.6 Å². The van der Waals surface area contributed by atoms with Gasteiger partial charge >= 0.3 is 0 Å². The summed E-state index contributed by atoms with van der Waals surface area (Å²) >= 11 is 0. The van der Waals surface area contributed by atoms with E-state index in [1.54, 1.807) is 0 Å². The summed E-state index contributed by atoms with van der Waals surface area (Å²) in [6.45, 7) is 20.8. The number of allylic oxidation sites excluding steroid dienone is 4. The summed E-state index contributed by atoms with van der Waals surface area (Å²) in [6.07, 6.45) is 12.2. The molecule has 4 aliphatic rings. The third-order valence-electron chi connectivity index (χ3n) is 12.5. The zero-order valence-electron chi connectivity index (χ0n) is 34.0. The zero-order valence-corrected chi connectivity index (χ0v) is 36.3. The minimum Gasteiger partial charge on any atom is -0.510 e. The molecule has 56 heavy (non-hydrogen) atoms. The van der Waals surface area contributed by atoms with Gasteiger partial charge < -0.3 is 14.7 Å². The molecule has 5 heteroatoms. The normalized spacial score (nSPS) is 20.7. The van der Waals surface area contributed by atoms with Crippen LogP contribution in [0, 0.1) is 30.1 Å². The number of fused-ring (bicyclic) bond motifs is 5. The molecule has 2 aliphatic heterocycles. The van der Waals surface area contributed by atoms with E-state index >= 15 is 0 Å². The van der Waals surface area contributed by atoms with Gasteiger partial charge in [0.2, 0.25) is 0 Å². The van der Waals surface area contributed by atoms with E-state index in [-0.39, 0.29) is 37.3 Å². The van der Waals surface area contributed by atoms with Gasteiger partial charge in [0.15, 0.2) is 0 Å². The second-order valence-corrected chi connectivity index (χ2v) is 18.4. The number of hydrogen-bond donors (Lipinski definition) is 0. The molecule has 0 spiro atoms. The maximum Gasteiger partial charge on any atom is 0.0660 e. The standard InChI is InChI=1S/C51H51N4.Pt/c1-48(2,3)34-20-23-41-39(29-34)40-30-35(49(4,5)6)21-24-42(40)51(41,47-19-12-13-26-52-47)36-22-25-44-46(31-36)55(45-18-11-10-17-43(45)50(44,7)8)38-16-14-15-37(32-38)54-28-27-53(9)33-54;/h10-20,22-30,33,35H,21H2,1-9H3;/q-3;. The Kier molecular flexibility index (Phi) is 9.20. The molecule has 2 aliphatic carbocycles. The van der Waals surface area contributed by atoms with Crippen LogP contribution in [-0.4, -0.2) is 16.9 Å². The second kappa shape index (κ2) is 13.5. The van der Waals surface area contributed by atoms with Crippen LogP contribution in [0.4, 0.5) is 22.7 Å². The molecule has 0 fully saturated rings. The van der Waals surface area contributed by atoms with Crippen molar-refractivity contribution in [2.75, 3.05) is 16.8 Å². The molecule has 0 N–H and O–H groups in total. The molecular weight excluding hydrogens is 864 g/mol. The van der Waals surface area contributed by atoms with Gasteiger partial charge in [0.1, 0.15) is 0 Å². The topological polar surface area (TPSA) is 22.6 Å². The summed E-state index contributed by atoms with van der Waals surface area (Å²) in [5, 5.41) is 0. The van der Waals surface area contributed by atoms with Crippen LogP contribution in [-0.2, 0) is 37.3 Å². The first-order valence-corrected chi connectivity index (χ1v) is 19.7. The van der Waals surface area contributed by atoms with E-state index in [1.165, 1.54) is 39.0 Å². The molecule has 0 radical (unpaired) electrons. The summed E-state index contributed by atoms with van der Waals surface area (Å²) in [5.74, 6) is 0.419. The van der Waals surface area contributed by atoms with Crippen LogP contribution < -0.4 is 9.80 Å². The van der Waals surface area contributed by atoms with Gasteiger partial charge in [0.05, 0.1) is 11.1 Å². The molecular formula is C51H51N4Pt-3. The fraction of sp³-hybridized carbons (Fsp3) is 0.294. The van der Waals surface area contributed by atoms with Crippen LogP contribution in [0.5, 0.6) is 0 Å². The number of nitrogens with zero attached hydrogens (tertiary/aromatic N) is 4. The number of anilines is 4. The molecule has 4 nitrogen and oxygen atoms in total. The van der Waals surface area contributed by atoms with Crippen LogP contribution in [0.3, 0.4) is 0 Å². The predicted octanol–water partition coefficient (Wildman–Crippen LogP) is 12.2. The summed E-state index contributed by atoms with van der Waals surface area (Å²) in [6, 6.07) is 41.6. The number of benzene rings is 4. The van der Waals surface area contributed by atoms with Crippen molar-refractivity contribution in [2.24, 2.45) is 11.3 Å². The molecule has 288 valence electrons. The first kappa shape index (κ1) is 38.2. The minimum absolute atomic E-state index is 0. The first-order chi connectivity index (χ1) is 26.2. The van der Waals surface area contributed by atoms with Crippen LogP contribution in [0.1, 0.15) is 101 Å². The summed E-state index contributed by atoms with van der Waals surface area (Å²) in [5.41, 5.74) is 14.6. The SMILES string of the molecule is CN1C=CN(c2[c-]c(N3c4[c-]c(C5(c6ccccn6)C6=CCC(C(C)(C)C)C=C6c6cc(C(C)(C)C)ccc65)ccc4C(C)(C)c4ccccc43)ccc2)[CH-]1.[Pt]. The van der Waals surface area contributed by atoms with Crippen molar-refractivity contribution >= 4 is 28.3 Å². The Morgan fingerprint density at radius 1 is 0.786 bits per heavy atom. The summed E-state index contributed by atoms with van der Waals surface area (Å²) in [4.78, 5) is 11.8. The molecule has 3 heterocycles. The largest absolute Gasteiger partial charge is 0.510 e. The molecule has 0 saturated heterocycles. The molecule has 0 saturated carbocycles. The molecule has 0 amide bonds. The van der Waals surface area contributed by atoms with Gasteiger partial charge in [0.25, 0.3) is 0 Å². The van der Waals surface area contributed by atoms with Gasteiger partial charge in [-0.3, -0.25) is 4.98 Å². The van der Waals surface area contributed by atoms with E-state index in [2.05, 4.69) is 198 Å². The van der Waals surface area contributed by atoms with Crippen molar-refractivity contribution in [3.63, 3.8) is 0 Å². The number of para-hydroxylation sites is 1. The maximum absolute atomic E-state index is 5.23. The quantitative estimate of drug-likeness (QED) is 0.168. The molecule has 4 aromatic carbocycles. The van der Waals surface area contributed by atoms with Crippen molar-refractivity contribution < 1.29 is 21.1 Å². The smallest absolute Gasteiger partial charge is 0.0660 e. The van der Waals surface area contributed by atoms with Crippen molar-refractivity contribution in [1.82, 2.24) is 9.88 Å². The summed E-state index contributed by atoms with van der Waals surface area (Å²) in [7, 11) is 2.05. The Balaban J connectivity index is 0.00000441. The van der Waals surface area contributed by atoms with Gasteiger partial charge in [-0.15, -0.1) is 35.0 Å². The van der Waals surface area contributed by atoms with Crippen LogP contribution in [0.15, 0.2) is 127 Å². The third-order valence-corrected chi connectivity index (χ3v) is 12.5. The molecule has 1 aromatic heterocycles. The van der Waals surface area contributed by atoms with Gasteiger partial charge in [-0.2, -0.15) is 30.9 Å². The third kappa shape index (κ3) is 5.85. The average molecular weight is 915 g/mol. The fourth-order valence-electron chi connectivity index (χ4n) is 9.31. The monoisotopic (exact) mass is 914 g/mol. The molecule has 0 bridgehead atoms. The van der Waals surface area contributed by atoms with Crippen LogP contribution in [0.2, 0.25) is 0 Å². The Morgan fingerprint density at radius 2 is 1.54 bits per heavy atom. The van der Waals surface area contributed by atoms with Gasteiger partial charge in [-0.25, -0.2) is 0 Å². The van der Waals surface area contributed by atoms with E-state index in [9.17, 15) is 0 Å². The Bertz CT molecular complexity index is 2420. The number of hydrogen-bond acceptors (Lipinski definition) is 4. The first-order valence-electron chi connectivity index (χ1n) is 19.7. The van der Waals surface area contributed by atoms with Crippen LogP contribution in [0.25, 0.3) is 5.57 Å². The van der Waals surface area contributed by atoms with E-state index in [4.69, 9.17) is 4.98 Å². The molecule has 2 atom stereocenters. The van der Waals surface area contributed by atoms with E-state index < -0.39 is 5.41 Å². The fourth-order valence-corrected chi connectivity index (χ4v) is 9.31.